The molecule has 0 aromatic heterocycles. The van der Waals surface area contributed by atoms with Crippen LogP contribution in [0.3, 0.4) is 0 Å². The molecule has 3 aliphatic rings. The molecule has 1 aromatic carbocycles. The number of piperidine rings is 1. The number of nitrogens with zero attached hydrogens (tertiary/aromatic N) is 2. The van der Waals surface area contributed by atoms with Crippen molar-refractivity contribution >= 4 is 17.6 Å². The molecular formula is C28H41N3O5. The molecule has 3 aliphatic heterocycles. The Kier molecular flexibility index (Phi) is 8.80. The van der Waals surface area contributed by atoms with E-state index in [1.165, 1.54) is 5.56 Å². The van der Waals surface area contributed by atoms with Crippen LogP contribution in [0.1, 0.15) is 68.8 Å². The van der Waals surface area contributed by atoms with Crippen molar-refractivity contribution < 1.29 is 23.9 Å². The Morgan fingerprint density at radius 2 is 1.83 bits per heavy atom. The third kappa shape index (κ3) is 5.50. The number of carbonyl (C=O) groups excluding carboxylic acids is 3. The van der Waals surface area contributed by atoms with Crippen LogP contribution in [-0.2, 0) is 19.1 Å². The van der Waals surface area contributed by atoms with E-state index in [1.54, 1.807) is 4.90 Å². The van der Waals surface area contributed by atoms with Gasteiger partial charge >= 0.3 is 0 Å². The van der Waals surface area contributed by atoms with Crippen molar-refractivity contribution in [2.24, 2.45) is 5.92 Å². The minimum atomic E-state index is -0.727. The first-order chi connectivity index (χ1) is 17.4. The van der Waals surface area contributed by atoms with E-state index in [-0.39, 0.29) is 36.2 Å². The monoisotopic (exact) mass is 499 g/mol. The largest absolute Gasteiger partial charge is 0.374 e. The number of hydrogen-bond acceptors (Lipinski definition) is 6. The lowest BCUT2D eigenvalue weighted by molar-refractivity contribution is -0.139. The summed E-state index contributed by atoms with van der Waals surface area (Å²) in [6.45, 7) is 12.1. The molecule has 4 rings (SSSR count). The summed E-state index contributed by atoms with van der Waals surface area (Å²) in [6.07, 6.45) is 2.21. The highest BCUT2D eigenvalue weighted by atomic mass is 16.6. The van der Waals surface area contributed by atoms with Gasteiger partial charge in [0, 0.05) is 12.2 Å². The fraction of sp³-hybridized carbons (Fsp3) is 0.679. The van der Waals surface area contributed by atoms with Crippen molar-refractivity contribution in [1.82, 2.24) is 15.1 Å². The van der Waals surface area contributed by atoms with Gasteiger partial charge in [-0.1, -0.05) is 39.3 Å². The second kappa shape index (κ2) is 11.8. The van der Waals surface area contributed by atoms with Gasteiger partial charge in [0.15, 0.2) is 5.78 Å². The number of likely N-dealkylation sites (tertiary alicyclic amines) is 2. The second-order valence-corrected chi connectivity index (χ2v) is 10.3. The van der Waals surface area contributed by atoms with Gasteiger partial charge < -0.3 is 24.6 Å². The van der Waals surface area contributed by atoms with Gasteiger partial charge in [-0.15, -0.1) is 0 Å². The van der Waals surface area contributed by atoms with Crippen LogP contribution in [0.4, 0.5) is 0 Å². The quantitative estimate of drug-likeness (QED) is 0.562. The van der Waals surface area contributed by atoms with Gasteiger partial charge in [0.25, 0.3) is 5.91 Å². The maximum Gasteiger partial charge on any atom is 0.251 e. The average molecular weight is 500 g/mol. The molecule has 0 bridgehead atoms. The SMILES string of the molecule is CCO[C@H]1CN(C(=O)[C@@H](NC(=O)c2ccc(C3CCN(CC)CC3)cc2)[C@@H](C)CC)[C@@H]2C(=O)CO[C@H]12. The highest BCUT2D eigenvalue weighted by molar-refractivity contribution is 5.99. The Bertz CT molecular complexity index is 928. The average Bonchev–Trinajstić information content (AvgIpc) is 3.47. The molecule has 1 N–H and O–H groups in total. The number of rotatable bonds is 9. The zero-order valence-electron chi connectivity index (χ0n) is 22.1. The summed E-state index contributed by atoms with van der Waals surface area (Å²) < 4.78 is 11.4. The summed E-state index contributed by atoms with van der Waals surface area (Å²) in [5, 5.41) is 2.98. The van der Waals surface area contributed by atoms with Gasteiger partial charge in [-0.2, -0.15) is 0 Å². The van der Waals surface area contributed by atoms with Gasteiger partial charge in [0.2, 0.25) is 5.91 Å². The molecule has 0 saturated carbocycles. The van der Waals surface area contributed by atoms with E-state index >= 15 is 0 Å². The topological polar surface area (TPSA) is 88.2 Å². The molecule has 0 spiro atoms. The first kappa shape index (κ1) is 26.8. The van der Waals surface area contributed by atoms with E-state index in [9.17, 15) is 14.4 Å². The van der Waals surface area contributed by atoms with Crippen molar-refractivity contribution in [3.8, 4) is 0 Å². The Balaban J connectivity index is 1.45. The number of carbonyl (C=O) groups is 3. The van der Waals surface area contributed by atoms with Crippen LogP contribution in [-0.4, -0.2) is 91.1 Å². The highest BCUT2D eigenvalue weighted by Crippen LogP contribution is 2.31. The van der Waals surface area contributed by atoms with E-state index in [2.05, 4.69) is 17.1 Å². The van der Waals surface area contributed by atoms with Crippen molar-refractivity contribution in [2.45, 2.75) is 77.2 Å². The van der Waals surface area contributed by atoms with Crippen LogP contribution >= 0.6 is 0 Å². The molecule has 8 heteroatoms. The number of ether oxygens (including phenoxy) is 2. The predicted octanol–water partition coefficient (Wildman–Crippen LogP) is 2.61. The number of fused-ring (bicyclic) bond motifs is 1. The maximum absolute atomic E-state index is 13.7. The molecule has 3 fully saturated rings. The Morgan fingerprint density at radius 1 is 1.14 bits per heavy atom. The molecule has 5 atom stereocenters. The van der Waals surface area contributed by atoms with Crippen LogP contribution in [0.5, 0.6) is 0 Å². The number of benzene rings is 1. The lowest BCUT2D eigenvalue weighted by atomic mass is 9.89. The van der Waals surface area contributed by atoms with Gasteiger partial charge in [-0.25, -0.2) is 0 Å². The summed E-state index contributed by atoms with van der Waals surface area (Å²) in [5.74, 6) is -0.191. The third-order valence-corrected chi connectivity index (χ3v) is 8.25. The van der Waals surface area contributed by atoms with Gasteiger partial charge in [-0.3, -0.25) is 14.4 Å². The molecule has 0 radical (unpaired) electrons. The van der Waals surface area contributed by atoms with E-state index in [4.69, 9.17) is 9.47 Å². The molecule has 0 aliphatic carbocycles. The normalized spacial score (nSPS) is 26.6. The Morgan fingerprint density at radius 3 is 2.44 bits per heavy atom. The number of nitrogens with one attached hydrogen (secondary N) is 1. The van der Waals surface area contributed by atoms with Crippen molar-refractivity contribution in [1.29, 1.82) is 0 Å². The van der Waals surface area contributed by atoms with E-state index in [0.717, 1.165) is 32.5 Å². The lowest BCUT2D eigenvalue weighted by Crippen LogP contribution is -2.54. The lowest BCUT2D eigenvalue weighted by Gasteiger charge is -2.31. The molecule has 0 unspecified atom stereocenters. The summed E-state index contributed by atoms with van der Waals surface area (Å²) in [4.78, 5) is 43.5. The van der Waals surface area contributed by atoms with Crippen LogP contribution in [0.15, 0.2) is 24.3 Å². The number of hydrogen-bond donors (Lipinski definition) is 1. The molecule has 198 valence electrons. The van der Waals surface area contributed by atoms with Crippen molar-refractivity contribution in [2.75, 3.05) is 39.4 Å². The molecule has 1 aromatic rings. The summed E-state index contributed by atoms with van der Waals surface area (Å²) in [5.41, 5.74) is 1.80. The second-order valence-electron chi connectivity index (χ2n) is 10.3. The van der Waals surface area contributed by atoms with Gasteiger partial charge in [-0.05, 0) is 68.9 Å². The number of amides is 2. The third-order valence-electron chi connectivity index (χ3n) is 8.25. The summed E-state index contributed by atoms with van der Waals surface area (Å²) >= 11 is 0. The first-order valence-corrected chi connectivity index (χ1v) is 13.6. The standard InChI is InChI=1S/C28H41N3O5/c1-5-18(4)24(28(34)31-16-23(35-7-3)26-25(31)22(32)17-36-26)29-27(33)21-10-8-19(9-11-21)20-12-14-30(6-2)15-13-20/h8-11,18,20,23-26H,5-7,12-17H2,1-4H3,(H,29,33)/t18-,23-,24-,25+,26+/m0/s1. The minimum Gasteiger partial charge on any atom is -0.374 e. The maximum atomic E-state index is 13.7. The van der Waals surface area contributed by atoms with E-state index in [0.29, 0.717) is 31.1 Å². The smallest absolute Gasteiger partial charge is 0.251 e. The van der Waals surface area contributed by atoms with Crippen LogP contribution < -0.4 is 5.32 Å². The number of ketones is 1. The molecule has 8 nitrogen and oxygen atoms in total. The molecule has 2 amide bonds. The van der Waals surface area contributed by atoms with Crippen LogP contribution in [0.25, 0.3) is 0 Å². The van der Waals surface area contributed by atoms with E-state index < -0.39 is 18.2 Å². The van der Waals surface area contributed by atoms with Gasteiger partial charge in [0.05, 0.1) is 6.54 Å². The molecular weight excluding hydrogens is 458 g/mol. The fourth-order valence-corrected chi connectivity index (χ4v) is 5.78. The van der Waals surface area contributed by atoms with Crippen molar-refractivity contribution in [3.05, 3.63) is 35.4 Å². The van der Waals surface area contributed by atoms with Gasteiger partial charge in [0.1, 0.15) is 30.9 Å². The van der Waals surface area contributed by atoms with E-state index in [1.807, 2.05) is 45.0 Å². The molecule has 3 heterocycles. The summed E-state index contributed by atoms with van der Waals surface area (Å²) in [7, 11) is 0. The van der Waals surface area contributed by atoms with Crippen LogP contribution in [0.2, 0.25) is 0 Å². The predicted molar refractivity (Wildman–Crippen MR) is 137 cm³/mol. The Labute approximate surface area is 214 Å². The summed E-state index contributed by atoms with van der Waals surface area (Å²) in [6, 6.07) is 6.45. The molecule has 3 saturated heterocycles. The zero-order chi connectivity index (χ0) is 25.8. The molecule has 36 heavy (non-hydrogen) atoms. The highest BCUT2D eigenvalue weighted by Gasteiger charge is 2.54. The minimum absolute atomic E-state index is 0.00708. The zero-order valence-corrected chi connectivity index (χ0v) is 22.1. The first-order valence-electron chi connectivity index (χ1n) is 13.6. The Hall–Kier alpha value is -2.29. The fourth-order valence-electron chi connectivity index (χ4n) is 5.78. The van der Waals surface area contributed by atoms with Crippen LogP contribution in [0, 0.1) is 5.92 Å². The van der Waals surface area contributed by atoms with Crippen molar-refractivity contribution in [3.63, 3.8) is 0 Å². The number of Topliss-reactive ketones (excluding diaryl/α,β-unsaturated/α-hetero) is 1.